The number of benzene rings is 2. The van der Waals surface area contributed by atoms with Crippen molar-refractivity contribution < 1.29 is 9.59 Å². The summed E-state index contributed by atoms with van der Waals surface area (Å²) >= 11 is 0. The van der Waals surface area contributed by atoms with E-state index < -0.39 is 12.1 Å². The number of hydrogen-bond donors (Lipinski definition) is 2. The van der Waals surface area contributed by atoms with E-state index in [1.165, 1.54) is 0 Å². The van der Waals surface area contributed by atoms with Crippen molar-refractivity contribution in [2.24, 2.45) is 0 Å². The van der Waals surface area contributed by atoms with Gasteiger partial charge in [-0.15, -0.1) is 0 Å². The van der Waals surface area contributed by atoms with Crippen LogP contribution in [-0.4, -0.2) is 17.9 Å². The highest BCUT2D eigenvalue weighted by Gasteiger charge is 2.27. The Hall–Kier alpha value is -3.39. The lowest BCUT2D eigenvalue weighted by Crippen LogP contribution is -2.38. The maximum absolute atomic E-state index is 13.0. The van der Waals surface area contributed by atoms with Crippen LogP contribution in [-0.2, 0) is 0 Å². The van der Waals surface area contributed by atoms with Crippen LogP contribution >= 0.6 is 0 Å². The van der Waals surface area contributed by atoms with Gasteiger partial charge in [0.15, 0.2) is 5.78 Å². The summed E-state index contributed by atoms with van der Waals surface area (Å²) < 4.78 is 0. The van der Waals surface area contributed by atoms with Crippen molar-refractivity contribution in [3.05, 3.63) is 77.4 Å². The smallest absolute Gasteiger partial charge is 0.320 e. The minimum Gasteiger partial charge on any atom is -0.322 e. The van der Waals surface area contributed by atoms with Gasteiger partial charge < -0.3 is 10.6 Å². The number of amides is 2. The van der Waals surface area contributed by atoms with E-state index in [9.17, 15) is 14.9 Å². The fourth-order valence-electron chi connectivity index (χ4n) is 2.64. The third kappa shape index (κ3) is 3.18. The highest BCUT2D eigenvalue weighted by molar-refractivity contribution is 6.14. The van der Waals surface area contributed by atoms with Gasteiger partial charge in [-0.25, -0.2) is 4.79 Å². The lowest BCUT2D eigenvalue weighted by atomic mass is 9.94. The van der Waals surface area contributed by atoms with Crippen LogP contribution < -0.4 is 10.6 Å². The van der Waals surface area contributed by atoms with E-state index in [-0.39, 0.29) is 12.2 Å². The quantitative estimate of drug-likeness (QED) is 0.854. The summed E-state index contributed by atoms with van der Waals surface area (Å²) in [6.45, 7) is 0. The Balaban J connectivity index is 2.14. The molecule has 0 radical (unpaired) electrons. The van der Waals surface area contributed by atoms with Crippen molar-refractivity contribution in [2.75, 3.05) is 0 Å². The summed E-state index contributed by atoms with van der Waals surface area (Å²) in [7, 11) is 0. The van der Waals surface area contributed by atoms with Crippen molar-refractivity contribution in [1.29, 1.82) is 5.26 Å². The molecule has 0 aliphatic carbocycles. The van der Waals surface area contributed by atoms with Gasteiger partial charge in [-0.2, -0.15) is 5.26 Å². The molecule has 5 heteroatoms. The summed E-state index contributed by atoms with van der Waals surface area (Å²) in [6, 6.07) is 18.8. The molecule has 1 aliphatic heterocycles. The van der Waals surface area contributed by atoms with Crippen molar-refractivity contribution in [3.63, 3.8) is 0 Å². The first-order chi connectivity index (χ1) is 11.7. The van der Waals surface area contributed by atoms with Gasteiger partial charge in [0.25, 0.3) is 0 Å². The van der Waals surface area contributed by atoms with Crippen LogP contribution in [0, 0.1) is 11.3 Å². The molecule has 0 saturated heterocycles. The molecule has 2 aromatic carbocycles. The highest BCUT2D eigenvalue weighted by Crippen LogP contribution is 2.25. The molecule has 3 rings (SSSR count). The molecule has 0 bridgehead atoms. The van der Waals surface area contributed by atoms with Gasteiger partial charge in [0.1, 0.15) is 6.04 Å². The van der Waals surface area contributed by atoms with Crippen molar-refractivity contribution in [1.82, 2.24) is 10.6 Å². The topological polar surface area (TPSA) is 82.0 Å². The Morgan fingerprint density at radius 1 is 1.04 bits per heavy atom. The molecular formula is C19H15N3O2. The zero-order valence-electron chi connectivity index (χ0n) is 12.8. The van der Waals surface area contributed by atoms with Crippen LogP contribution in [0.3, 0.4) is 0 Å². The molecule has 2 aromatic rings. The Kier molecular flexibility index (Phi) is 4.39. The number of rotatable bonds is 3. The predicted molar refractivity (Wildman–Crippen MR) is 89.8 cm³/mol. The number of nitrogens with one attached hydrogen (secondary N) is 2. The molecule has 1 atom stereocenters. The van der Waals surface area contributed by atoms with Gasteiger partial charge in [-0.1, -0.05) is 60.7 Å². The zero-order valence-corrected chi connectivity index (χ0v) is 12.8. The van der Waals surface area contributed by atoms with Crippen molar-refractivity contribution in [2.45, 2.75) is 12.5 Å². The van der Waals surface area contributed by atoms with Gasteiger partial charge >= 0.3 is 6.03 Å². The van der Waals surface area contributed by atoms with Crippen LogP contribution in [0.25, 0.3) is 5.70 Å². The number of carbonyl (C=O) groups excluding carboxylic acids is 2. The fraction of sp³-hybridized carbons (Fsp3) is 0.105. The minimum absolute atomic E-state index is 0.146. The first kappa shape index (κ1) is 15.5. The number of hydrogen-bond acceptors (Lipinski definition) is 3. The highest BCUT2D eigenvalue weighted by atomic mass is 16.2. The average Bonchev–Trinajstić information content (AvgIpc) is 2.81. The Morgan fingerprint density at radius 2 is 1.67 bits per heavy atom. The van der Waals surface area contributed by atoms with Crippen LogP contribution in [0.1, 0.15) is 22.3 Å². The van der Waals surface area contributed by atoms with Crippen molar-refractivity contribution >= 4 is 17.5 Å². The van der Waals surface area contributed by atoms with Crippen LogP contribution in [0.5, 0.6) is 0 Å². The van der Waals surface area contributed by atoms with E-state index >= 15 is 0 Å². The van der Waals surface area contributed by atoms with E-state index in [2.05, 4.69) is 10.6 Å². The molecule has 1 aliphatic rings. The minimum atomic E-state index is -0.756. The van der Waals surface area contributed by atoms with E-state index in [4.69, 9.17) is 0 Å². The molecule has 0 spiro atoms. The number of nitriles is 1. The second-order valence-corrected chi connectivity index (χ2v) is 5.40. The van der Waals surface area contributed by atoms with E-state index in [1.807, 2.05) is 42.5 Å². The number of Topliss-reactive ketones (excluding diaryl/α,β-unsaturated/α-hetero) is 1. The van der Waals surface area contributed by atoms with E-state index in [0.29, 0.717) is 16.8 Å². The second-order valence-electron chi connectivity index (χ2n) is 5.40. The SMILES string of the molecule is N#C[C@@H]1CC(C(=O)c2ccccc2)=C(c2ccccc2)NC(=O)N1. The molecule has 0 saturated carbocycles. The summed E-state index contributed by atoms with van der Waals surface area (Å²) in [4.78, 5) is 25.0. The largest absolute Gasteiger partial charge is 0.322 e. The molecular weight excluding hydrogens is 302 g/mol. The van der Waals surface area contributed by atoms with Gasteiger partial charge in [0, 0.05) is 17.6 Å². The third-order valence-electron chi connectivity index (χ3n) is 3.78. The van der Waals surface area contributed by atoms with Gasteiger partial charge in [-0.05, 0) is 5.56 Å². The third-order valence-corrected chi connectivity index (χ3v) is 3.78. The van der Waals surface area contributed by atoms with Crippen LogP contribution in [0.4, 0.5) is 4.79 Å². The van der Waals surface area contributed by atoms with E-state index in [1.54, 1.807) is 24.3 Å². The maximum atomic E-state index is 13.0. The summed E-state index contributed by atoms with van der Waals surface area (Å²) in [5, 5.41) is 14.5. The average molecular weight is 317 g/mol. The second kappa shape index (κ2) is 6.80. The molecule has 2 amide bonds. The maximum Gasteiger partial charge on any atom is 0.320 e. The summed E-state index contributed by atoms with van der Waals surface area (Å²) in [6.07, 6.45) is 0.146. The monoisotopic (exact) mass is 317 g/mol. The number of carbonyl (C=O) groups is 2. The normalized spacial score (nSPS) is 17.3. The summed E-state index contributed by atoms with van der Waals surface area (Å²) in [5.41, 5.74) is 2.11. The van der Waals surface area contributed by atoms with E-state index in [0.717, 1.165) is 5.56 Å². The van der Waals surface area contributed by atoms with Gasteiger partial charge in [0.2, 0.25) is 0 Å². The summed E-state index contributed by atoms with van der Waals surface area (Å²) in [5.74, 6) is -0.196. The molecule has 0 aromatic heterocycles. The lowest BCUT2D eigenvalue weighted by molar-refractivity contribution is 0.103. The molecule has 118 valence electrons. The van der Waals surface area contributed by atoms with Gasteiger partial charge in [-0.3, -0.25) is 4.79 Å². The van der Waals surface area contributed by atoms with Gasteiger partial charge in [0.05, 0.1) is 11.8 Å². The number of ketones is 1. The molecule has 1 heterocycles. The molecule has 24 heavy (non-hydrogen) atoms. The first-order valence-electron chi connectivity index (χ1n) is 7.54. The standard InChI is InChI=1S/C19H15N3O2/c20-12-15-11-16(18(23)14-9-5-2-6-10-14)17(22-19(24)21-15)13-7-3-1-4-8-13/h1-10,15H,11H2,(H2,21,22,24)/t15-/m0/s1. The Morgan fingerprint density at radius 3 is 2.29 bits per heavy atom. The van der Waals surface area contributed by atoms with Crippen LogP contribution in [0.2, 0.25) is 0 Å². The fourth-order valence-corrected chi connectivity index (χ4v) is 2.64. The lowest BCUT2D eigenvalue weighted by Gasteiger charge is -2.13. The molecule has 0 fully saturated rings. The zero-order chi connectivity index (χ0) is 16.9. The number of nitrogens with zero attached hydrogens (tertiary/aromatic N) is 1. The molecule has 2 N–H and O–H groups in total. The van der Waals surface area contributed by atoms with Crippen molar-refractivity contribution in [3.8, 4) is 6.07 Å². The number of urea groups is 1. The molecule has 0 unspecified atom stereocenters. The first-order valence-corrected chi connectivity index (χ1v) is 7.54. The van der Waals surface area contributed by atoms with Crippen LogP contribution in [0.15, 0.2) is 66.2 Å². The Labute approximate surface area is 139 Å². The predicted octanol–water partition coefficient (Wildman–Crippen LogP) is 2.88. The Bertz CT molecular complexity index is 836. The molecule has 5 nitrogen and oxygen atoms in total.